The highest BCUT2D eigenvalue weighted by Crippen LogP contribution is 2.38. The van der Waals surface area contributed by atoms with Gasteiger partial charge in [0.15, 0.2) is 0 Å². The second-order valence-electron chi connectivity index (χ2n) is 8.32. The summed E-state index contributed by atoms with van der Waals surface area (Å²) >= 11 is 1.45. The van der Waals surface area contributed by atoms with Crippen LogP contribution in [0.1, 0.15) is 64.7 Å². The summed E-state index contributed by atoms with van der Waals surface area (Å²) in [6.07, 6.45) is -1.53. The van der Waals surface area contributed by atoms with Crippen molar-refractivity contribution in [3.63, 3.8) is 0 Å². The first-order chi connectivity index (χ1) is 15.3. The number of amides is 1. The van der Waals surface area contributed by atoms with Crippen LogP contribution in [0, 0.1) is 6.92 Å². The molecule has 2 saturated heterocycles. The van der Waals surface area contributed by atoms with E-state index in [-0.39, 0.29) is 18.1 Å². The number of hydrogen-bond acceptors (Lipinski definition) is 5. The van der Waals surface area contributed by atoms with E-state index in [4.69, 9.17) is 4.74 Å². The second kappa shape index (κ2) is 8.15. The van der Waals surface area contributed by atoms with E-state index in [0.29, 0.717) is 55.1 Å². The summed E-state index contributed by atoms with van der Waals surface area (Å²) in [6.45, 7) is 3.62. The molecule has 2 aliphatic heterocycles. The van der Waals surface area contributed by atoms with Gasteiger partial charge >= 0.3 is 6.18 Å². The monoisotopic (exact) mass is 464 g/mol. The topological polar surface area (TPSA) is 60.2 Å². The fourth-order valence-corrected chi connectivity index (χ4v) is 5.22. The number of likely N-dealkylation sites (tertiary alicyclic amines) is 1. The summed E-state index contributed by atoms with van der Waals surface area (Å²) in [6, 6.07) is 3.78. The summed E-state index contributed by atoms with van der Waals surface area (Å²) in [5.74, 6) is 0.620. The molecule has 4 heterocycles. The number of aryl methyl sites for hydroxylation is 1. The molecular weight excluding hydrogens is 441 g/mol. The first-order valence-corrected chi connectivity index (χ1v) is 11.6. The molecule has 10 heteroatoms. The number of hydrogen-bond donors (Lipinski definition) is 0. The number of thiazole rings is 1. The molecular formula is C22H23F3N4O2S. The zero-order chi connectivity index (χ0) is 22.5. The van der Waals surface area contributed by atoms with Crippen LogP contribution in [0.15, 0.2) is 23.6 Å². The molecule has 1 atom stereocenters. The lowest BCUT2D eigenvalue weighted by atomic mass is 10.0. The lowest BCUT2D eigenvalue weighted by molar-refractivity contribution is -0.137. The molecule has 0 unspecified atom stereocenters. The van der Waals surface area contributed by atoms with Crippen molar-refractivity contribution in [2.75, 3.05) is 19.7 Å². The van der Waals surface area contributed by atoms with Crippen molar-refractivity contribution >= 4 is 28.3 Å². The van der Waals surface area contributed by atoms with Gasteiger partial charge in [0.25, 0.3) is 5.91 Å². The largest absolute Gasteiger partial charge is 0.416 e. The number of ether oxygens (including phenoxy) is 1. The van der Waals surface area contributed by atoms with Gasteiger partial charge in [-0.1, -0.05) is 0 Å². The molecule has 0 aliphatic carbocycles. The van der Waals surface area contributed by atoms with Crippen molar-refractivity contribution in [2.24, 2.45) is 0 Å². The van der Waals surface area contributed by atoms with Gasteiger partial charge in [0.2, 0.25) is 0 Å². The Balaban J connectivity index is 1.44. The molecule has 32 heavy (non-hydrogen) atoms. The third kappa shape index (κ3) is 3.90. The predicted octanol–water partition coefficient (Wildman–Crippen LogP) is 5.15. The summed E-state index contributed by atoms with van der Waals surface area (Å²) in [5, 5.41) is 2.63. The summed E-state index contributed by atoms with van der Waals surface area (Å²) in [5.41, 5.74) is 0.788. The van der Waals surface area contributed by atoms with Gasteiger partial charge in [-0.2, -0.15) is 13.2 Å². The number of piperidine rings is 1. The summed E-state index contributed by atoms with van der Waals surface area (Å²) in [4.78, 5) is 23.4. The van der Waals surface area contributed by atoms with E-state index in [9.17, 15) is 18.0 Å². The van der Waals surface area contributed by atoms with Crippen molar-refractivity contribution in [1.82, 2.24) is 19.4 Å². The van der Waals surface area contributed by atoms with Gasteiger partial charge < -0.3 is 14.2 Å². The number of alkyl halides is 3. The van der Waals surface area contributed by atoms with Crippen molar-refractivity contribution in [3.05, 3.63) is 45.7 Å². The standard InChI is InChI=1S/C22H23F3N4O2S/c1-13-26-17(12-32-13)21(30)28-8-6-15(7-9-28)29-18-5-4-14(22(23,24)25)11-16(18)27-20(29)19-3-2-10-31-19/h4-5,11-12,15,19H,2-3,6-10H2,1H3/t19-/m1/s1. The lowest BCUT2D eigenvalue weighted by Gasteiger charge is -2.33. The Morgan fingerprint density at radius 1 is 1.19 bits per heavy atom. The molecule has 6 nitrogen and oxygen atoms in total. The first-order valence-electron chi connectivity index (χ1n) is 10.7. The SMILES string of the molecule is Cc1nc(C(=O)N2CCC(n3c([C@H]4CCCO4)nc4cc(C(F)(F)F)ccc43)CC2)cs1. The van der Waals surface area contributed by atoms with Gasteiger partial charge in [0.1, 0.15) is 17.6 Å². The van der Waals surface area contributed by atoms with Crippen LogP contribution < -0.4 is 0 Å². The number of carbonyl (C=O) groups excluding carboxylic acids is 1. The fraction of sp³-hybridized carbons (Fsp3) is 0.500. The molecule has 2 fully saturated rings. The zero-order valence-electron chi connectivity index (χ0n) is 17.6. The first kappa shape index (κ1) is 21.4. The van der Waals surface area contributed by atoms with Gasteiger partial charge in [-0.05, 0) is 50.8 Å². The number of benzene rings is 1. The maximum absolute atomic E-state index is 13.2. The van der Waals surface area contributed by atoms with E-state index < -0.39 is 11.7 Å². The Morgan fingerprint density at radius 2 is 1.97 bits per heavy atom. The van der Waals surface area contributed by atoms with E-state index in [0.717, 1.165) is 30.0 Å². The number of nitrogens with zero attached hydrogens (tertiary/aromatic N) is 4. The summed E-state index contributed by atoms with van der Waals surface area (Å²) in [7, 11) is 0. The van der Waals surface area contributed by atoms with Gasteiger partial charge in [0, 0.05) is 31.1 Å². The molecule has 170 valence electrons. The lowest BCUT2D eigenvalue weighted by Crippen LogP contribution is -2.39. The van der Waals surface area contributed by atoms with Gasteiger partial charge in [-0.3, -0.25) is 4.79 Å². The minimum atomic E-state index is -4.41. The van der Waals surface area contributed by atoms with E-state index in [1.54, 1.807) is 10.3 Å². The Bertz CT molecular complexity index is 1140. The Labute approximate surface area is 187 Å². The maximum Gasteiger partial charge on any atom is 0.416 e. The zero-order valence-corrected chi connectivity index (χ0v) is 18.4. The second-order valence-corrected chi connectivity index (χ2v) is 9.38. The van der Waals surface area contributed by atoms with Gasteiger partial charge in [-0.15, -0.1) is 11.3 Å². The van der Waals surface area contributed by atoms with Crippen LogP contribution in [0.2, 0.25) is 0 Å². The van der Waals surface area contributed by atoms with Gasteiger partial charge in [0.05, 0.1) is 21.6 Å². The van der Waals surface area contributed by atoms with E-state index in [2.05, 4.69) is 14.5 Å². The Kier molecular flexibility index (Phi) is 5.45. The minimum absolute atomic E-state index is 0.0390. The number of fused-ring (bicyclic) bond motifs is 1. The third-order valence-corrected chi connectivity index (χ3v) is 6.99. The molecule has 0 radical (unpaired) electrons. The van der Waals surface area contributed by atoms with E-state index in [1.807, 2.05) is 6.92 Å². The summed E-state index contributed by atoms with van der Waals surface area (Å²) < 4.78 is 47.6. The third-order valence-electron chi connectivity index (χ3n) is 6.22. The quantitative estimate of drug-likeness (QED) is 0.538. The highest BCUT2D eigenvalue weighted by Gasteiger charge is 2.34. The molecule has 1 amide bonds. The molecule has 0 bridgehead atoms. The van der Waals surface area contributed by atoms with E-state index in [1.165, 1.54) is 17.4 Å². The number of imidazole rings is 1. The Hall–Kier alpha value is -2.46. The predicted molar refractivity (Wildman–Crippen MR) is 114 cm³/mol. The van der Waals surface area contributed by atoms with Crippen LogP contribution in [-0.4, -0.2) is 45.0 Å². The van der Waals surface area contributed by atoms with Crippen molar-refractivity contribution in [1.29, 1.82) is 0 Å². The van der Waals surface area contributed by atoms with Crippen LogP contribution in [0.25, 0.3) is 11.0 Å². The molecule has 3 aromatic rings. The van der Waals surface area contributed by atoms with Crippen LogP contribution >= 0.6 is 11.3 Å². The maximum atomic E-state index is 13.2. The average Bonchev–Trinajstić information content (AvgIpc) is 3.51. The molecule has 5 rings (SSSR count). The average molecular weight is 465 g/mol. The van der Waals surface area contributed by atoms with Crippen LogP contribution in [0.5, 0.6) is 0 Å². The highest BCUT2D eigenvalue weighted by atomic mass is 32.1. The highest BCUT2D eigenvalue weighted by molar-refractivity contribution is 7.09. The number of carbonyl (C=O) groups is 1. The molecule has 0 N–H and O–H groups in total. The number of halogens is 3. The molecule has 0 spiro atoms. The number of aromatic nitrogens is 3. The normalized spacial score (nSPS) is 20.4. The van der Waals surface area contributed by atoms with Crippen LogP contribution in [0.3, 0.4) is 0 Å². The molecule has 0 saturated carbocycles. The van der Waals surface area contributed by atoms with Gasteiger partial charge in [-0.25, -0.2) is 9.97 Å². The fourth-order valence-electron chi connectivity index (χ4n) is 4.64. The molecule has 2 aliphatic rings. The molecule has 1 aromatic carbocycles. The van der Waals surface area contributed by atoms with Crippen LogP contribution in [-0.2, 0) is 10.9 Å². The molecule has 2 aromatic heterocycles. The minimum Gasteiger partial charge on any atom is -0.370 e. The smallest absolute Gasteiger partial charge is 0.370 e. The number of rotatable bonds is 3. The van der Waals surface area contributed by atoms with Crippen molar-refractivity contribution in [2.45, 2.75) is 50.9 Å². The van der Waals surface area contributed by atoms with E-state index >= 15 is 0 Å². The van der Waals surface area contributed by atoms with Crippen molar-refractivity contribution < 1.29 is 22.7 Å². The van der Waals surface area contributed by atoms with Crippen LogP contribution in [0.4, 0.5) is 13.2 Å². The Morgan fingerprint density at radius 3 is 2.59 bits per heavy atom. The van der Waals surface area contributed by atoms with Crippen molar-refractivity contribution in [3.8, 4) is 0 Å².